The van der Waals surface area contributed by atoms with Crippen LogP contribution in [0.3, 0.4) is 0 Å². The number of hydrogen-bond donors (Lipinski definition) is 2. The second-order valence-electron chi connectivity index (χ2n) is 6.39. The summed E-state index contributed by atoms with van der Waals surface area (Å²) in [5, 5.41) is 8.99. The number of amides is 3. The Balaban J connectivity index is 2.15. The van der Waals surface area contributed by atoms with Gasteiger partial charge in [-0.2, -0.15) is 5.26 Å². The van der Waals surface area contributed by atoms with Crippen molar-refractivity contribution < 1.29 is 23.5 Å². The molecule has 29 heavy (non-hydrogen) atoms. The number of nitrogens with two attached hydrogens (primary N) is 2. The summed E-state index contributed by atoms with van der Waals surface area (Å²) >= 11 is 0. The molecule has 1 aliphatic heterocycles. The lowest BCUT2D eigenvalue weighted by molar-refractivity contribution is -0.161. The average Bonchev–Trinajstić information content (AvgIpc) is 2.94. The molecule has 1 aliphatic rings. The molecule has 0 aliphatic carbocycles. The minimum absolute atomic E-state index is 0.0744. The number of nitriles is 1. The van der Waals surface area contributed by atoms with Gasteiger partial charge in [0, 0.05) is 18.7 Å². The second-order valence-corrected chi connectivity index (χ2v) is 6.39. The molecule has 4 N–H and O–H groups in total. The van der Waals surface area contributed by atoms with Gasteiger partial charge in [0.05, 0.1) is 22.8 Å². The summed E-state index contributed by atoms with van der Waals surface area (Å²) in [5.74, 6) is -3.93. The summed E-state index contributed by atoms with van der Waals surface area (Å²) < 4.78 is 19.8. The highest BCUT2D eigenvalue weighted by Crippen LogP contribution is 2.35. The minimum atomic E-state index is -2.23. The highest BCUT2D eigenvalue weighted by Gasteiger charge is 2.55. The van der Waals surface area contributed by atoms with E-state index in [2.05, 4.69) is 0 Å². The maximum Gasteiger partial charge on any atom is 0.271 e. The van der Waals surface area contributed by atoms with Gasteiger partial charge >= 0.3 is 0 Å². The van der Waals surface area contributed by atoms with Crippen LogP contribution in [0.4, 0.5) is 10.1 Å². The number of hydrogen-bond acceptors (Lipinski definition) is 6. The van der Waals surface area contributed by atoms with Crippen LogP contribution in [0.1, 0.15) is 38.8 Å². The lowest BCUT2D eigenvalue weighted by Gasteiger charge is -2.37. The molecular formula is C20H17FN4O4. The Hall–Kier alpha value is -3.77. The van der Waals surface area contributed by atoms with Gasteiger partial charge < -0.3 is 16.2 Å². The summed E-state index contributed by atoms with van der Waals surface area (Å²) in [6.45, 7) is 1.48. The third-order valence-electron chi connectivity index (χ3n) is 4.70. The highest BCUT2D eigenvalue weighted by molar-refractivity contribution is 6.23. The molecule has 3 amide bonds. The number of carbonyl (C=O) groups is 3. The number of rotatable bonds is 6. The van der Waals surface area contributed by atoms with Gasteiger partial charge in [-0.1, -0.05) is 12.1 Å². The van der Waals surface area contributed by atoms with Crippen LogP contribution in [0, 0.1) is 17.1 Å². The Morgan fingerprint density at radius 1 is 1.28 bits per heavy atom. The predicted molar refractivity (Wildman–Crippen MR) is 99.7 cm³/mol. The van der Waals surface area contributed by atoms with Gasteiger partial charge in [-0.25, -0.2) is 9.29 Å². The number of imide groups is 1. The second kappa shape index (κ2) is 7.33. The number of anilines is 1. The Morgan fingerprint density at radius 3 is 2.55 bits per heavy atom. The molecule has 1 atom stereocenters. The number of primary amides is 1. The highest BCUT2D eigenvalue weighted by atomic mass is 19.1. The molecule has 0 bridgehead atoms. The zero-order valence-electron chi connectivity index (χ0n) is 15.4. The fourth-order valence-corrected chi connectivity index (χ4v) is 3.36. The van der Waals surface area contributed by atoms with Crippen molar-refractivity contribution >= 4 is 23.4 Å². The summed E-state index contributed by atoms with van der Waals surface area (Å²) in [7, 11) is 0. The Morgan fingerprint density at radius 2 is 2.00 bits per heavy atom. The molecule has 0 aromatic heterocycles. The smallest absolute Gasteiger partial charge is 0.271 e. The van der Waals surface area contributed by atoms with E-state index in [0.717, 1.165) is 6.07 Å². The number of halogens is 1. The summed E-state index contributed by atoms with van der Waals surface area (Å²) in [5.41, 5.74) is 9.47. The number of fused-ring (bicyclic) bond motifs is 1. The first-order valence-electron chi connectivity index (χ1n) is 8.66. The fourth-order valence-electron chi connectivity index (χ4n) is 3.36. The van der Waals surface area contributed by atoms with E-state index in [0.29, 0.717) is 10.5 Å². The van der Waals surface area contributed by atoms with Crippen molar-refractivity contribution in [2.45, 2.75) is 19.1 Å². The third kappa shape index (κ3) is 3.09. The zero-order valence-corrected chi connectivity index (χ0v) is 15.4. The van der Waals surface area contributed by atoms with Crippen LogP contribution < -0.4 is 11.5 Å². The lowest BCUT2D eigenvalue weighted by atomic mass is 9.97. The average molecular weight is 396 g/mol. The number of ether oxygens (including phenoxy) is 1. The first kappa shape index (κ1) is 20.0. The number of benzene rings is 2. The van der Waals surface area contributed by atoms with E-state index in [9.17, 15) is 18.8 Å². The lowest BCUT2D eigenvalue weighted by Crippen LogP contribution is -2.63. The van der Waals surface area contributed by atoms with E-state index < -0.39 is 34.8 Å². The van der Waals surface area contributed by atoms with E-state index in [1.54, 1.807) is 6.92 Å². The Bertz CT molecular complexity index is 1080. The first-order chi connectivity index (χ1) is 13.8. The predicted octanol–water partition coefficient (Wildman–Crippen LogP) is 1.34. The zero-order chi connectivity index (χ0) is 21.3. The van der Waals surface area contributed by atoms with Crippen molar-refractivity contribution in [2.24, 2.45) is 5.73 Å². The Labute approximate surface area is 165 Å². The molecule has 0 saturated heterocycles. The molecule has 0 radical (unpaired) electrons. The molecule has 1 unspecified atom stereocenters. The fraction of sp³-hybridized carbons (Fsp3) is 0.200. The standard InChI is InChI=1S/C20H17FN4O4/c1-2-29-20(19(24)28,9-12-7-6-11(10-22)8-15(12)23)25-17(26)13-4-3-5-14(21)16(13)18(25)27/h3-8H,2,9,23H2,1H3,(H2,24,28). The SMILES string of the molecule is CCOC(Cc1ccc(C#N)cc1N)(C(N)=O)N1C(=O)c2cccc(F)c2C1=O. The molecule has 8 nitrogen and oxygen atoms in total. The molecule has 2 aromatic carbocycles. The van der Waals surface area contributed by atoms with Crippen molar-refractivity contribution in [2.75, 3.05) is 12.3 Å². The molecule has 9 heteroatoms. The van der Waals surface area contributed by atoms with Crippen LogP contribution in [0.25, 0.3) is 0 Å². The van der Waals surface area contributed by atoms with Crippen molar-refractivity contribution in [3.8, 4) is 6.07 Å². The normalized spacial score (nSPS) is 15.0. The van der Waals surface area contributed by atoms with Gasteiger partial charge in [0.25, 0.3) is 17.7 Å². The summed E-state index contributed by atoms with van der Waals surface area (Å²) in [6.07, 6.45) is -0.360. The molecule has 148 valence electrons. The third-order valence-corrected chi connectivity index (χ3v) is 4.70. The quantitative estimate of drug-likeness (QED) is 0.558. The van der Waals surface area contributed by atoms with Crippen LogP contribution in [-0.4, -0.2) is 35.0 Å². The molecule has 3 rings (SSSR count). The van der Waals surface area contributed by atoms with E-state index in [1.165, 1.54) is 30.3 Å². The van der Waals surface area contributed by atoms with Gasteiger partial charge in [-0.3, -0.25) is 14.4 Å². The maximum atomic E-state index is 14.2. The minimum Gasteiger partial charge on any atom is -0.398 e. The number of nitrogen functional groups attached to an aromatic ring is 1. The summed E-state index contributed by atoms with van der Waals surface area (Å²) in [4.78, 5) is 38.9. The van der Waals surface area contributed by atoms with Gasteiger partial charge in [0.1, 0.15) is 5.82 Å². The van der Waals surface area contributed by atoms with Gasteiger partial charge in [-0.15, -0.1) is 0 Å². The van der Waals surface area contributed by atoms with E-state index >= 15 is 0 Å². The maximum absolute atomic E-state index is 14.2. The van der Waals surface area contributed by atoms with Crippen molar-refractivity contribution in [3.63, 3.8) is 0 Å². The van der Waals surface area contributed by atoms with E-state index in [4.69, 9.17) is 21.5 Å². The van der Waals surface area contributed by atoms with E-state index in [1.807, 2.05) is 6.07 Å². The van der Waals surface area contributed by atoms with E-state index in [-0.39, 0.29) is 29.8 Å². The topological polar surface area (TPSA) is 140 Å². The van der Waals surface area contributed by atoms with Crippen molar-refractivity contribution in [3.05, 3.63) is 64.5 Å². The summed E-state index contributed by atoms with van der Waals surface area (Å²) in [6, 6.07) is 9.86. The van der Waals surface area contributed by atoms with Crippen LogP contribution in [0.5, 0.6) is 0 Å². The van der Waals surface area contributed by atoms with Crippen molar-refractivity contribution in [1.29, 1.82) is 5.26 Å². The van der Waals surface area contributed by atoms with Gasteiger partial charge in [0.2, 0.25) is 5.72 Å². The molecule has 2 aromatic rings. The van der Waals surface area contributed by atoms with Gasteiger partial charge in [0.15, 0.2) is 0 Å². The van der Waals surface area contributed by atoms with Crippen LogP contribution in [0.2, 0.25) is 0 Å². The molecule has 1 heterocycles. The largest absolute Gasteiger partial charge is 0.398 e. The van der Waals surface area contributed by atoms with Crippen LogP contribution >= 0.6 is 0 Å². The van der Waals surface area contributed by atoms with Crippen molar-refractivity contribution in [1.82, 2.24) is 4.90 Å². The molecular weight excluding hydrogens is 379 g/mol. The molecule has 0 fully saturated rings. The van der Waals surface area contributed by atoms with Crippen LogP contribution in [-0.2, 0) is 16.0 Å². The number of nitrogens with zero attached hydrogens (tertiary/aromatic N) is 2. The molecule has 0 spiro atoms. The first-order valence-corrected chi connectivity index (χ1v) is 8.66. The van der Waals surface area contributed by atoms with Gasteiger partial charge in [-0.05, 0) is 36.8 Å². The Kier molecular flexibility index (Phi) is 5.05. The van der Waals surface area contributed by atoms with Crippen LogP contribution in [0.15, 0.2) is 36.4 Å². The monoisotopic (exact) mass is 396 g/mol. The number of carbonyl (C=O) groups excluding carboxylic acids is 3. The molecule has 0 saturated carbocycles.